The average Bonchev–Trinajstić information content (AvgIpc) is 3.08. The standard InChI is InChI=1S/C14H29N5O2S.HI/c1-3-18-8-4-6-13(18)12-17-14(15-2)16-7-10-19-9-5-11-22(19,20)21;/h13H,3-12H2,1-2H3,(H2,15,16,17);1H. The molecular formula is C14H30IN5O2S. The van der Waals surface area contributed by atoms with E-state index in [1.807, 2.05) is 0 Å². The van der Waals surface area contributed by atoms with Gasteiger partial charge >= 0.3 is 0 Å². The lowest BCUT2D eigenvalue weighted by Gasteiger charge is -2.24. The van der Waals surface area contributed by atoms with Crippen LogP contribution in [-0.4, -0.2) is 81.7 Å². The molecule has 136 valence electrons. The molecule has 2 rings (SSSR count). The zero-order valence-electron chi connectivity index (χ0n) is 14.1. The molecule has 2 heterocycles. The number of hydrogen-bond donors (Lipinski definition) is 2. The Morgan fingerprint density at radius 2 is 2.04 bits per heavy atom. The number of aliphatic imine (C=N–C) groups is 1. The van der Waals surface area contributed by atoms with Gasteiger partial charge in [-0.2, -0.15) is 0 Å². The number of nitrogens with zero attached hydrogens (tertiary/aromatic N) is 3. The summed E-state index contributed by atoms with van der Waals surface area (Å²) < 4.78 is 25.0. The molecular weight excluding hydrogens is 429 g/mol. The SMILES string of the molecule is CCN1CCCC1CNC(=NC)NCCN1CCCS1(=O)=O.I. The third-order valence-corrected chi connectivity index (χ3v) is 6.45. The molecule has 0 amide bonds. The fourth-order valence-corrected chi connectivity index (χ4v) is 4.75. The first kappa shape index (κ1) is 20.9. The Kier molecular flexibility index (Phi) is 9.09. The molecule has 1 atom stereocenters. The van der Waals surface area contributed by atoms with Crippen molar-refractivity contribution in [1.29, 1.82) is 0 Å². The first-order valence-electron chi connectivity index (χ1n) is 8.23. The minimum Gasteiger partial charge on any atom is -0.355 e. The molecule has 2 saturated heterocycles. The molecule has 0 radical (unpaired) electrons. The van der Waals surface area contributed by atoms with Crippen molar-refractivity contribution in [2.75, 3.05) is 52.1 Å². The van der Waals surface area contributed by atoms with Crippen molar-refractivity contribution in [1.82, 2.24) is 19.8 Å². The Morgan fingerprint density at radius 1 is 1.26 bits per heavy atom. The minimum atomic E-state index is -3.00. The molecule has 1 unspecified atom stereocenters. The van der Waals surface area contributed by atoms with Crippen LogP contribution in [0.25, 0.3) is 0 Å². The maximum Gasteiger partial charge on any atom is 0.214 e. The Morgan fingerprint density at radius 3 is 2.65 bits per heavy atom. The van der Waals surface area contributed by atoms with Crippen LogP contribution in [0.2, 0.25) is 0 Å². The van der Waals surface area contributed by atoms with Gasteiger partial charge in [0, 0.05) is 39.3 Å². The number of likely N-dealkylation sites (N-methyl/N-ethyl adjacent to an activating group) is 1. The van der Waals surface area contributed by atoms with Crippen molar-refractivity contribution in [3.05, 3.63) is 0 Å². The maximum absolute atomic E-state index is 11.7. The van der Waals surface area contributed by atoms with Crippen LogP contribution < -0.4 is 10.6 Å². The third-order valence-electron chi connectivity index (χ3n) is 4.49. The summed E-state index contributed by atoms with van der Waals surface area (Å²) in [4.78, 5) is 6.69. The van der Waals surface area contributed by atoms with Gasteiger partial charge in [0.1, 0.15) is 0 Å². The van der Waals surface area contributed by atoms with Gasteiger partial charge in [-0.3, -0.25) is 9.89 Å². The van der Waals surface area contributed by atoms with Crippen molar-refractivity contribution in [2.24, 2.45) is 4.99 Å². The van der Waals surface area contributed by atoms with Gasteiger partial charge in [-0.05, 0) is 32.4 Å². The number of halogens is 1. The van der Waals surface area contributed by atoms with Crippen molar-refractivity contribution in [2.45, 2.75) is 32.2 Å². The lowest BCUT2D eigenvalue weighted by atomic mass is 10.2. The summed E-state index contributed by atoms with van der Waals surface area (Å²) in [5.74, 6) is 1.04. The van der Waals surface area contributed by atoms with E-state index in [2.05, 4.69) is 27.4 Å². The number of likely N-dealkylation sites (tertiary alicyclic amines) is 1. The van der Waals surface area contributed by atoms with Crippen LogP contribution in [0.4, 0.5) is 0 Å². The zero-order chi connectivity index (χ0) is 16.0. The van der Waals surface area contributed by atoms with Gasteiger partial charge in [0.05, 0.1) is 5.75 Å². The molecule has 23 heavy (non-hydrogen) atoms. The topological polar surface area (TPSA) is 77.0 Å². The molecule has 2 aliphatic rings. The third kappa shape index (κ3) is 6.02. The molecule has 9 heteroatoms. The second-order valence-electron chi connectivity index (χ2n) is 5.87. The zero-order valence-corrected chi connectivity index (χ0v) is 17.3. The van der Waals surface area contributed by atoms with Crippen LogP contribution in [0.15, 0.2) is 4.99 Å². The van der Waals surface area contributed by atoms with Gasteiger partial charge in [0.15, 0.2) is 5.96 Å². The largest absolute Gasteiger partial charge is 0.355 e. The quantitative estimate of drug-likeness (QED) is 0.339. The Labute approximate surface area is 157 Å². The average molecular weight is 459 g/mol. The molecule has 0 bridgehead atoms. The van der Waals surface area contributed by atoms with Crippen LogP contribution >= 0.6 is 24.0 Å². The second kappa shape index (κ2) is 10.00. The second-order valence-corrected chi connectivity index (χ2v) is 7.96. The highest BCUT2D eigenvalue weighted by atomic mass is 127. The van der Waals surface area contributed by atoms with Gasteiger partial charge in [-0.25, -0.2) is 12.7 Å². The summed E-state index contributed by atoms with van der Waals surface area (Å²) in [6, 6.07) is 0.572. The lowest BCUT2D eigenvalue weighted by Crippen LogP contribution is -2.46. The van der Waals surface area contributed by atoms with E-state index in [-0.39, 0.29) is 29.7 Å². The fraction of sp³-hybridized carbons (Fsp3) is 0.929. The van der Waals surface area contributed by atoms with Crippen LogP contribution in [0.5, 0.6) is 0 Å². The van der Waals surface area contributed by atoms with Gasteiger partial charge in [-0.15, -0.1) is 24.0 Å². The molecule has 0 saturated carbocycles. The highest BCUT2D eigenvalue weighted by Gasteiger charge is 2.27. The van der Waals surface area contributed by atoms with Crippen LogP contribution in [0.1, 0.15) is 26.2 Å². The molecule has 0 spiro atoms. The van der Waals surface area contributed by atoms with Gasteiger partial charge in [0.25, 0.3) is 0 Å². The summed E-state index contributed by atoms with van der Waals surface area (Å²) in [7, 11) is -1.26. The van der Waals surface area contributed by atoms with E-state index in [9.17, 15) is 8.42 Å². The van der Waals surface area contributed by atoms with Crippen LogP contribution in [-0.2, 0) is 10.0 Å². The molecule has 0 aromatic carbocycles. The minimum absolute atomic E-state index is 0. The Bertz CT molecular complexity index is 486. The highest BCUT2D eigenvalue weighted by Crippen LogP contribution is 2.15. The van der Waals surface area contributed by atoms with Crippen LogP contribution in [0, 0.1) is 0 Å². The smallest absolute Gasteiger partial charge is 0.214 e. The van der Waals surface area contributed by atoms with E-state index in [1.165, 1.54) is 19.4 Å². The first-order valence-corrected chi connectivity index (χ1v) is 9.84. The van der Waals surface area contributed by atoms with E-state index in [0.717, 1.165) is 25.5 Å². The van der Waals surface area contributed by atoms with Crippen molar-refractivity contribution < 1.29 is 8.42 Å². The Balaban J connectivity index is 0.00000264. The lowest BCUT2D eigenvalue weighted by molar-refractivity contribution is 0.267. The summed E-state index contributed by atoms with van der Waals surface area (Å²) in [6.45, 7) is 7.09. The summed E-state index contributed by atoms with van der Waals surface area (Å²) in [6.07, 6.45) is 3.23. The summed E-state index contributed by atoms with van der Waals surface area (Å²) in [5.41, 5.74) is 0. The summed E-state index contributed by atoms with van der Waals surface area (Å²) >= 11 is 0. The van der Waals surface area contributed by atoms with E-state index in [4.69, 9.17) is 0 Å². The number of sulfonamides is 1. The molecule has 2 N–H and O–H groups in total. The first-order chi connectivity index (χ1) is 10.6. The van der Waals surface area contributed by atoms with E-state index in [0.29, 0.717) is 25.7 Å². The molecule has 0 aromatic heterocycles. The van der Waals surface area contributed by atoms with Crippen molar-refractivity contribution in [3.63, 3.8) is 0 Å². The van der Waals surface area contributed by atoms with E-state index < -0.39 is 10.0 Å². The monoisotopic (exact) mass is 459 g/mol. The van der Waals surface area contributed by atoms with Gasteiger partial charge in [-0.1, -0.05) is 6.92 Å². The molecule has 2 aliphatic heterocycles. The molecule has 7 nitrogen and oxygen atoms in total. The van der Waals surface area contributed by atoms with E-state index >= 15 is 0 Å². The normalized spacial score (nSPS) is 25.3. The maximum atomic E-state index is 11.7. The van der Waals surface area contributed by atoms with Gasteiger partial charge in [0.2, 0.25) is 10.0 Å². The fourth-order valence-electron chi connectivity index (χ4n) is 3.22. The predicted octanol–water partition coefficient (Wildman–Crippen LogP) is 0.289. The van der Waals surface area contributed by atoms with E-state index in [1.54, 1.807) is 11.4 Å². The Hall–Kier alpha value is -0.130. The van der Waals surface area contributed by atoms with Crippen LogP contribution in [0.3, 0.4) is 0 Å². The van der Waals surface area contributed by atoms with Gasteiger partial charge < -0.3 is 10.6 Å². The predicted molar refractivity (Wildman–Crippen MR) is 105 cm³/mol. The van der Waals surface area contributed by atoms with Crippen molar-refractivity contribution in [3.8, 4) is 0 Å². The van der Waals surface area contributed by atoms with Crippen molar-refractivity contribution >= 4 is 40.0 Å². The number of rotatable bonds is 6. The molecule has 2 fully saturated rings. The molecule has 0 aromatic rings. The summed E-state index contributed by atoms with van der Waals surface area (Å²) in [5, 5.41) is 6.56. The number of guanidine groups is 1. The molecule has 0 aliphatic carbocycles. The number of hydrogen-bond acceptors (Lipinski definition) is 4. The highest BCUT2D eigenvalue weighted by molar-refractivity contribution is 14.0. The number of nitrogens with one attached hydrogen (secondary N) is 2.